The molecule has 0 bridgehead atoms. The molecule has 1 amide bonds. The summed E-state index contributed by atoms with van der Waals surface area (Å²) in [6.45, 7) is 0. The van der Waals surface area contributed by atoms with Crippen LogP contribution in [0.3, 0.4) is 0 Å². The van der Waals surface area contributed by atoms with Crippen molar-refractivity contribution in [2.75, 3.05) is 5.32 Å². The first-order valence-corrected chi connectivity index (χ1v) is 9.60. The maximum absolute atomic E-state index is 12.5. The molecule has 0 aliphatic heterocycles. The number of anilines is 1. The number of rotatable bonds is 5. The molecule has 0 saturated heterocycles. The number of furan rings is 1. The van der Waals surface area contributed by atoms with Gasteiger partial charge in [0.2, 0.25) is 0 Å². The van der Waals surface area contributed by atoms with E-state index in [2.05, 4.69) is 20.8 Å². The zero-order valence-corrected chi connectivity index (χ0v) is 16.0. The Kier molecular flexibility index (Phi) is 4.37. The van der Waals surface area contributed by atoms with Gasteiger partial charge in [0.25, 0.3) is 5.91 Å². The molecule has 5 rings (SSSR count). The number of nitrogens with one attached hydrogen (secondary N) is 1. The van der Waals surface area contributed by atoms with Crippen molar-refractivity contribution in [3.63, 3.8) is 0 Å². The van der Waals surface area contributed by atoms with E-state index in [1.165, 1.54) is 0 Å². The van der Waals surface area contributed by atoms with E-state index in [0.717, 1.165) is 29.8 Å². The van der Waals surface area contributed by atoms with Gasteiger partial charge in [0.05, 0.1) is 6.04 Å². The van der Waals surface area contributed by atoms with Crippen molar-refractivity contribution in [3.8, 4) is 22.7 Å². The summed E-state index contributed by atoms with van der Waals surface area (Å²) in [6, 6.07) is 18.5. The van der Waals surface area contributed by atoms with Gasteiger partial charge in [-0.1, -0.05) is 11.6 Å². The molecule has 8 heteroatoms. The lowest BCUT2D eigenvalue weighted by Crippen LogP contribution is -2.10. The number of hydrogen-bond donors (Lipinski definition) is 1. The highest BCUT2D eigenvalue weighted by atomic mass is 35.5. The zero-order chi connectivity index (χ0) is 19.8. The lowest BCUT2D eigenvalue weighted by Gasteiger charge is -2.06. The molecule has 1 aliphatic rings. The highest BCUT2D eigenvalue weighted by molar-refractivity contribution is 6.30. The Balaban J connectivity index is 1.30. The fourth-order valence-corrected chi connectivity index (χ4v) is 3.20. The molecular formula is C21H16ClN5O2. The van der Waals surface area contributed by atoms with Gasteiger partial charge < -0.3 is 9.73 Å². The minimum absolute atomic E-state index is 0.233. The predicted octanol–water partition coefficient (Wildman–Crippen LogP) is 4.84. The van der Waals surface area contributed by atoms with Crippen LogP contribution in [0, 0.1) is 0 Å². The van der Waals surface area contributed by atoms with Crippen LogP contribution >= 0.6 is 11.6 Å². The molecule has 0 unspecified atom stereocenters. The average Bonchev–Trinajstić information content (AvgIpc) is 3.26. The van der Waals surface area contributed by atoms with Crippen LogP contribution in [0.5, 0.6) is 0 Å². The van der Waals surface area contributed by atoms with E-state index >= 15 is 0 Å². The molecule has 1 saturated carbocycles. The number of amides is 1. The van der Waals surface area contributed by atoms with Gasteiger partial charge in [0.15, 0.2) is 11.6 Å². The molecule has 0 radical (unpaired) electrons. The molecule has 1 fully saturated rings. The summed E-state index contributed by atoms with van der Waals surface area (Å²) in [5.41, 5.74) is 2.42. The van der Waals surface area contributed by atoms with Gasteiger partial charge in [-0.2, -0.15) is 0 Å². The molecule has 2 heterocycles. The second-order valence-corrected chi connectivity index (χ2v) is 7.32. The van der Waals surface area contributed by atoms with Gasteiger partial charge in [-0.15, -0.1) is 5.10 Å². The van der Waals surface area contributed by atoms with Gasteiger partial charge in [-0.05, 0) is 83.9 Å². The summed E-state index contributed by atoms with van der Waals surface area (Å²) >= 11 is 5.91. The van der Waals surface area contributed by atoms with Gasteiger partial charge in [0.1, 0.15) is 5.76 Å². The van der Waals surface area contributed by atoms with Crippen molar-refractivity contribution in [1.29, 1.82) is 0 Å². The predicted molar refractivity (Wildman–Crippen MR) is 109 cm³/mol. The monoisotopic (exact) mass is 405 g/mol. The van der Waals surface area contributed by atoms with E-state index in [1.54, 1.807) is 24.3 Å². The van der Waals surface area contributed by atoms with Gasteiger partial charge in [-0.25, -0.2) is 4.68 Å². The third kappa shape index (κ3) is 3.64. The van der Waals surface area contributed by atoms with Crippen molar-refractivity contribution in [3.05, 3.63) is 71.4 Å². The van der Waals surface area contributed by atoms with Crippen molar-refractivity contribution >= 4 is 23.2 Å². The number of halogens is 1. The second kappa shape index (κ2) is 7.18. The van der Waals surface area contributed by atoms with Gasteiger partial charge in [-0.3, -0.25) is 4.79 Å². The van der Waals surface area contributed by atoms with Crippen LogP contribution < -0.4 is 5.32 Å². The number of aromatic nitrogens is 4. The van der Waals surface area contributed by atoms with Crippen LogP contribution in [0.1, 0.15) is 29.4 Å². The Labute approximate surface area is 171 Å². The number of benzene rings is 2. The number of carbonyl (C=O) groups is 1. The van der Waals surface area contributed by atoms with Crippen molar-refractivity contribution in [2.24, 2.45) is 0 Å². The molecule has 144 valence electrons. The third-order valence-electron chi connectivity index (χ3n) is 4.75. The number of nitrogens with zero attached hydrogens (tertiary/aromatic N) is 4. The normalized spacial score (nSPS) is 13.4. The molecule has 29 heavy (non-hydrogen) atoms. The van der Waals surface area contributed by atoms with E-state index in [4.69, 9.17) is 16.0 Å². The quantitative estimate of drug-likeness (QED) is 0.513. The molecule has 4 aromatic rings. The van der Waals surface area contributed by atoms with Crippen LogP contribution in [-0.4, -0.2) is 26.1 Å². The third-order valence-corrected chi connectivity index (χ3v) is 5.00. The SMILES string of the molecule is O=C(Nc1ccc(-c2nnnn2C2CC2)cc1)c1ccc(-c2ccc(Cl)cc2)o1. The summed E-state index contributed by atoms with van der Waals surface area (Å²) in [6.07, 6.45) is 2.21. The lowest BCUT2D eigenvalue weighted by molar-refractivity contribution is 0.0997. The Morgan fingerprint density at radius 2 is 1.72 bits per heavy atom. The number of hydrogen-bond acceptors (Lipinski definition) is 5. The first kappa shape index (κ1) is 17.6. The Morgan fingerprint density at radius 1 is 1.00 bits per heavy atom. The Morgan fingerprint density at radius 3 is 2.45 bits per heavy atom. The smallest absolute Gasteiger partial charge is 0.291 e. The minimum Gasteiger partial charge on any atom is -0.451 e. The molecule has 0 atom stereocenters. The van der Waals surface area contributed by atoms with Gasteiger partial charge >= 0.3 is 0 Å². The fraction of sp³-hybridized carbons (Fsp3) is 0.143. The van der Waals surface area contributed by atoms with Crippen molar-refractivity contribution in [1.82, 2.24) is 20.2 Å². The van der Waals surface area contributed by atoms with Gasteiger partial charge in [0, 0.05) is 21.8 Å². The lowest BCUT2D eigenvalue weighted by atomic mass is 10.2. The van der Waals surface area contributed by atoms with Crippen molar-refractivity contribution in [2.45, 2.75) is 18.9 Å². The maximum atomic E-state index is 12.5. The topological polar surface area (TPSA) is 85.8 Å². The number of tetrazole rings is 1. The largest absolute Gasteiger partial charge is 0.451 e. The standard InChI is InChI=1S/C21H16ClN5O2/c22-15-5-1-13(2-6-15)18-11-12-19(29-18)21(28)23-16-7-3-14(4-8-16)20-24-25-26-27(20)17-9-10-17/h1-8,11-12,17H,9-10H2,(H,23,28). The summed E-state index contributed by atoms with van der Waals surface area (Å²) in [5, 5.41) is 15.4. The highest BCUT2D eigenvalue weighted by Crippen LogP contribution is 2.36. The molecule has 1 N–H and O–H groups in total. The number of carbonyl (C=O) groups excluding carboxylic acids is 1. The van der Waals surface area contributed by atoms with E-state index in [9.17, 15) is 4.79 Å². The van der Waals surface area contributed by atoms with E-state index < -0.39 is 0 Å². The fourth-order valence-electron chi connectivity index (χ4n) is 3.07. The van der Waals surface area contributed by atoms with Crippen molar-refractivity contribution < 1.29 is 9.21 Å². The molecule has 1 aliphatic carbocycles. The first-order valence-electron chi connectivity index (χ1n) is 9.23. The van der Waals surface area contributed by atoms with Crippen LogP contribution in [0.25, 0.3) is 22.7 Å². The Hall–Kier alpha value is -3.45. The molecule has 0 spiro atoms. The summed E-state index contributed by atoms with van der Waals surface area (Å²) in [5.74, 6) is 1.26. The summed E-state index contributed by atoms with van der Waals surface area (Å²) < 4.78 is 7.55. The zero-order valence-electron chi connectivity index (χ0n) is 15.2. The first-order chi connectivity index (χ1) is 14.2. The van der Waals surface area contributed by atoms with Crippen LogP contribution in [0.2, 0.25) is 5.02 Å². The van der Waals surface area contributed by atoms with E-state index in [-0.39, 0.29) is 11.7 Å². The van der Waals surface area contributed by atoms with E-state index in [1.807, 2.05) is 41.1 Å². The molecule has 7 nitrogen and oxygen atoms in total. The Bertz CT molecular complexity index is 1160. The highest BCUT2D eigenvalue weighted by Gasteiger charge is 2.28. The van der Waals surface area contributed by atoms with E-state index in [0.29, 0.717) is 22.5 Å². The summed E-state index contributed by atoms with van der Waals surface area (Å²) in [7, 11) is 0. The molecule has 2 aromatic carbocycles. The summed E-state index contributed by atoms with van der Waals surface area (Å²) in [4.78, 5) is 12.5. The van der Waals surface area contributed by atoms with Crippen LogP contribution in [0.4, 0.5) is 5.69 Å². The molecule has 2 aromatic heterocycles. The van der Waals surface area contributed by atoms with Crippen LogP contribution in [0.15, 0.2) is 65.1 Å². The second-order valence-electron chi connectivity index (χ2n) is 6.88. The maximum Gasteiger partial charge on any atom is 0.291 e. The van der Waals surface area contributed by atoms with Crippen LogP contribution in [-0.2, 0) is 0 Å². The minimum atomic E-state index is -0.319. The molecular weight excluding hydrogens is 390 g/mol. The average molecular weight is 406 g/mol.